The predicted molar refractivity (Wildman–Crippen MR) is 110 cm³/mol. The zero-order chi connectivity index (χ0) is 20.9. The minimum atomic E-state index is -4.40. The van der Waals surface area contributed by atoms with E-state index in [-0.39, 0.29) is 12.3 Å². The van der Waals surface area contributed by atoms with Crippen molar-refractivity contribution in [2.45, 2.75) is 33.7 Å². The molecule has 0 radical (unpaired) electrons. The van der Waals surface area contributed by atoms with E-state index in [2.05, 4.69) is 0 Å². The quantitative estimate of drug-likeness (QED) is 0.433. The molecule has 0 N–H and O–H groups in total. The number of rotatable bonds is 4. The lowest BCUT2D eigenvalue weighted by molar-refractivity contribution is -0.0793. The highest BCUT2D eigenvalue weighted by Gasteiger charge is 2.27. The zero-order valence-electron chi connectivity index (χ0n) is 16.3. The Hall–Kier alpha value is -2.24. The van der Waals surface area contributed by atoms with Gasteiger partial charge in [-0.25, -0.2) is 0 Å². The van der Waals surface area contributed by atoms with Crippen LogP contribution < -0.4 is 0 Å². The molecular weight excluding hydrogens is 387 g/mol. The van der Waals surface area contributed by atoms with Crippen molar-refractivity contribution in [3.8, 4) is 11.3 Å². The largest absolute Gasteiger partial charge is 0.410 e. The van der Waals surface area contributed by atoms with Crippen molar-refractivity contribution < 1.29 is 17.9 Å². The summed E-state index contributed by atoms with van der Waals surface area (Å²) in [4.78, 5) is 0. The van der Waals surface area contributed by atoms with Gasteiger partial charge in [0.1, 0.15) is 6.73 Å². The van der Waals surface area contributed by atoms with E-state index in [9.17, 15) is 13.2 Å². The molecule has 28 heavy (non-hydrogen) atoms. The Morgan fingerprint density at radius 3 is 2.32 bits per heavy atom. The molecule has 0 aliphatic carbocycles. The fourth-order valence-corrected chi connectivity index (χ4v) is 3.37. The summed E-state index contributed by atoms with van der Waals surface area (Å²) in [6.07, 6.45) is -4.07. The second-order valence-electron chi connectivity index (χ2n) is 5.97. The van der Waals surface area contributed by atoms with Crippen LogP contribution in [0.25, 0.3) is 27.7 Å². The van der Waals surface area contributed by atoms with Crippen molar-refractivity contribution in [2.24, 2.45) is 0 Å². The average Bonchev–Trinajstić information content (AvgIpc) is 2.97. The van der Waals surface area contributed by atoms with Crippen LogP contribution in [0.3, 0.4) is 0 Å². The van der Waals surface area contributed by atoms with Crippen molar-refractivity contribution >= 4 is 28.1 Å². The molecule has 0 saturated carbocycles. The Labute approximate surface area is 168 Å². The molecule has 0 fully saturated rings. The van der Waals surface area contributed by atoms with Crippen LogP contribution in [0.5, 0.6) is 0 Å². The van der Waals surface area contributed by atoms with E-state index >= 15 is 0 Å². The van der Waals surface area contributed by atoms with Crippen molar-refractivity contribution in [3.05, 3.63) is 65.2 Å². The van der Waals surface area contributed by atoms with Crippen LogP contribution in [-0.4, -0.2) is 17.9 Å². The molecular formula is C22H23ClF3NO. The molecule has 0 atom stereocenters. The van der Waals surface area contributed by atoms with Crippen LogP contribution in [0.4, 0.5) is 13.2 Å². The summed E-state index contributed by atoms with van der Waals surface area (Å²) in [6.45, 7) is 5.67. The number of ether oxygens (including phenoxy) is 1. The van der Waals surface area contributed by atoms with Crippen LogP contribution in [0.15, 0.2) is 54.6 Å². The Bertz CT molecular complexity index is 959. The minimum Gasteiger partial charge on any atom is -0.364 e. The van der Waals surface area contributed by atoms with Gasteiger partial charge in [-0.15, -0.1) is 0 Å². The first-order valence-electron chi connectivity index (χ1n) is 8.94. The Morgan fingerprint density at radius 1 is 1.11 bits per heavy atom. The number of hydrogen-bond acceptors (Lipinski definition) is 1. The SMILES string of the molecule is CC.COCn1c(-c2ccccc2)c(/C(C)=C/C(F)(F)F)c2ccc(Cl)cc21. The number of fused-ring (bicyclic) bond motifs is 1. The fourth-order valence-electron chi connectivity index (χ4n) is 3.20. The van der Waals surface area contributed by atoms with E-state index in [1.54, 1.807) is 25.3 Å². The monoisotopic (exact) mass is 409 g/mol. The van der Waals surface area contributed by atoms with Gasteiger partial charge in [-0.05, 0) is 30.2 Å². The lowest BCUT2D eigenvalue weighted by Crippen LogP contribution is -2.04. The molecule has 6 heteroatoms. The average molecular weight is 410 g/mol. The van der Waals surface area contributed by atoms with Gasteiger partial charge in [0.15, 0.2) is 0 Å². The number of halogens is 4. The predicted octanol–water partition coefficient (Wildman–Crippen LogP) is 7.56. The summed E-state index contributed by atoms with van der Waals surface area (Å²) in [7, 11) is 1.54. The summed E-state index contributed by atoms with van der Waals surface area (Å²) in [5.41, 5.74) is 2.86. The van der Waals surface area contributed by atoms with Gasteiger partial charge in [0.25, 0.3) is 0 Å². The van der Waals surface area contributed by atoms with Gasteiger partial charge in [0, 0.05) is 29.2 Å². The topological polar surface area (TPSA) is 14.2 Å². The summed E-state index contributed by atoms with van der Waals surface area (Å²) >= 11 is 6.14. The van der Waals surface area contributed by atoms with Crippen LogP contribution in [0, 0.1) is 0 Å². The van der Waals surface area contributed by atoms with Crippen LogP contribution in [-0.2, 0) is 11.5 Å². The number of methoxy groups -OCH3 is 1. The molecule has 0 amide bonds. The third kappa shape index (κ3) is 4.78. The molecule has 2 nitrogen and oxygen atoms in total. The van der Waals surface area contributed by atoms with Gasteiger partial charge in [0.2, 0.25) is 0 Å². The normalized spacial score (nSPS) is 12.1. The highest BCUT2D eigenvalue weighted by Crippen LogP contribution is 2.40. The molecule has 150 valence electrons. The zero-order valence-corrected chi connectivity index (χ0v) is 17.0. The number of aromatic nitrogens is 1. The van der Waals surface area contributed by atoms with E-state index in [0.717, 1.165) is 11.1 Å². The first-order chi connectivity index (χ1) is 13.3. The van der Waals surface area contributed by atoms with E-state index in [4.69, 9.17) is 16.3 Å². The number of alkyl halides is 3. The van der Waals surface area contributed by atoms with E-state index in [0.29, 0.717) is 27.7 Å². The second-order valence-corrected chi connectivity index (χ2v) is 6.40. The Balaban J connectivity index is 0.00000136. The minimum absolute atomic E-state index is 0.138. The van der Waals surface area contributed by atoms with Crippen molar-refractivity contribution in [1.82, 2.24) is 4.57 Å². The highest BCUT2D eigenvalue weighted by molar-refractivity contribution is 6.31. The number of hydrogen-bond donors (Lipinski definition) is 0. The first-order valence-corrected chi connectivity index (χ1v) is 9.32. The van der Waals surface area contributed by atoms with Gasteiger partial charge in [-0.2, -0.15) is 13.2 Å². The van der Waals surface area contributed by atoms with E-state index in [1.807, 2.05) is 48.7 Å². The summed E-state index contributed by atoms with van der Waals surface area (Å²) in [5.74, 6) is 0. The van der Waals surface area contributed by atoms with Gasteiger partial charge in [-0.3, -0.25) is 0 Å². The smallest absolute Gasteiger partial charge is 0.364 e. The summed E-state index contributed by atoms with van der Waals surface area (Å²) < 4.78 is 46.2. The number of allylic oxidation sites excluding steroid dienone is 2. The molecule has 0 unspecified atom stereocenters. The van der Waals surface area contributed by atoms with Gasteiger partial charge >= 0.3 is 6.18 Å². The number of nitrogens with zero attached hydrogens (tertiary/aromatic N) is 1. The van der Waals surface area contributed by atoms with Crippen LogP contribution >= 0.6 is 11.6 Å². The molecule has 0 spiro atoms. The second kappa shape index (κ2) is 9.30. The molecule has 1 aromatic heterocycles. The Kier molecular flexibility index (Phi) is 7.33. The fraction of sp³-hybridized carbons (Fsp3) is 0.273. The molecule has 0 bridgehead atoms. The van der Waals surface area contributed by atoms with Crippen molar-refractivity contribution in [2.75, 3.05) is 7.11 Å². The first kappa shape index (κ1) is 22.1. The summed E-state index contributed by atoms with van der Waals surface area (Å²) in [6, 6.07) is 14.5. The molecule has 0 saturated heterocycles. The third-order valence-corrected chi connectivity index (χ3v) is 4.34. The van der Waals surface area contributed by atoms with E-state index < -0.39 is 6.18 Å². The van der Waals surface area contributed by atoms with Crippen LogP contribution in [0.2, 0.25) is 5.02 Å². The molecule has 2 aromatic carbocycles. The molecule has 0 aliphatic rings. The molecule has 3 rings (SSSR count). The van der Waals surface area contributed by atoms with Crippen LogP contribution in [0.1, 0.15) is 26.3 Å². The molecule has 0 aliphatic heterocycles. The Morgan fingerprint density at radius 2 is 1.75 bits per heavy atom. The molecule has 1 heterocycles. The van der Waals surface area contributed by atoms with Gasteiger partial charge < -0.3 is 9.30 Å². The maximum atomic E-state index is 13.0. The maximum Gasteiger partial charge on any atom is 0.410 e. The van der Waals surface area contributed by atoms with Crippen molar-refractivity contribution in [1.29, 1.82) is 0 Å². The highest BCUT2D eigenvalue weighted by atomic mass is 35.5. The number of benzene rings is 2. The summed E-state index contributed by atoms with van der Waals surface area (Å²) in [5, 5.41) is 1.21. The van der Waals surface area contributed by atoms with Gasteiger partial charge in [-0.1, -0.05) is 61.8 Å². The lowest BCUT2D eigenvalue weighted by atomic mass is 9.99. The van der Waals surface area contributed by atoms with Crippen molar-refractivity contribution in [3.63, 3.8) is 0 Å². The van der Waals surface area contributed by atoms with E-state index in [1.165, 1.54) is 6.92 Å². The maximum absolute atomic E-state index is 13.0. The standard InChI is InChI=1S/C20H17ClF3NO.C2H6/c1-13(11-20(22,23)24)18-16-9-8-15(21)10-17(16)25(12-26-2)19(18)14-6-4-3-5-7-14;1-2/h3-11H,12H2,1-2H3;1-2H3/b13-11+;. The lowest BCUT2D eigenvalue weighted by Gasteiger charge is -2.12. The third-order valence-electron chi connectivity index (χ3n) is 4.11. The van der Waals surface area contributed by atoms with Gasteiger partial charge in [0.05, 0.1) is 11.2 Å². The molecule has 3 aromatic rings.